The summed E-state index contributed by atoms with van der Waals surface area (Å²) in [5.41, 5.74) is 0. The summed E-state index contributed by atoms with van der Waals surface area (Å²) in [5.74, 6) is -0.338. The maximum Gasteiger partial charge on any atom is 0.166 e. The van der Waals surface area contributed by atoms with E-state index >= 15 is 0 Å². The Kier molecular flexibility index (Phi) is 1.83. The molecule has 1 aliphatic rings. The molecule has 62 valence electrons. The molecule has 2 rings (SSSR count). The summed E-state index contributed by atoms with van der Waals surface area (Å²) in [6, 6.07) is 3.77. The van der Waals surface area contributed by atoms with Crippen LogP contribution in [0.4, 0.5) is 0 Å². The molecule has 0 spiro atoms. The molecule has 0 unspecified atom stereocenters. The van der Waals surface area contributed by atoms with Gasteiger partial charge in [0.2, 0.25) is 0 Å². The van der Waals surface area contributed by atoms with Crippen LogP contribution in [-0.2, 0) is 4.79 Å². The summed E-state index contributed by atoms with van der Waals surface area (Å²) in [4.78, 5) is 12.2. The maximum atomic E-state index is 11.2. The van der Waals surface area contributed by atoms with Crippen LogP contribution in [-0.4, -0.2) is 17.0 Å². The van der Waals surface area contributed by atoms with Gasteiger partial charge >= 0.3 is 0 Å². The van der Waals surface area contributed by atoms with Crippen molar-refractivity contribution in [2.75, 3.05) is 0 Å². The second kappa shape index (κ2) is 2.84. The van der Waals surface area contributed by atoms with Gasteiger partial charge in [-0.2, -0.15) is 0 Å². The van der Waals surface area contributed by atoms with Gasteiger partial charge in [-0.3, -0.25) is 4.79 Å². The molecule has 0 fully saturated rings. The quantitative estimate of drug-likeness (QED) is 0.708. The minimum Gasteiger partial charge on any atom is -0.388 e. The fourth-order valence-corrected chi connectivity index (χ4v) is 2.23. The molecule has 1 aliphatic carbocycles. The summed E-state index contributed by atoms with van der Waals surface area (Å²) in [7, 11) is 0. The van der Waals surface area contributed by atoms with Crippen LogP contribution in [0, 0.1) is 0 Å². The van der Waals surface area contributed by atoms with Crippen molar-refractivity contribution in [2.24, 2.45) is 0 Å². The Morgan fingerprint density at radius 2 is 2.33 bits per heavy atom. The smallest absolute Gasteiger partial charge is 0.166 e. The van der Waals surface area contributed by atoms with Gasteiger partial charge in [0.1, 0.15) is 0 Å². The van der Waals surface area contributed by atoms with Crippen molar-refractivity contribution in [2.45, 2.75) is 12.0 Å². The molecule has 0 aromatic carbocycles. The third-order valence-corrected chi connectivity index (χ3v) is 2.91. The topological polar surface area (TPSA) is 37.3 Å². The summed E-state index contributed by atoms with van der Waals surface area (Å²) in [6.45, 7) is 0. The number of ketones is 1. The number of hydrogen-bond donors (Lipinski definition) is 1. The third kappa shape index (κ3) is 1.11. The molecule has 1 aromatic rings. The Bertz CT molecular complexity index is 313. The van der Waals surface area contributed by atoms with E-state index in [4.69, 9.17) is 0 Å². The molecule has 1 heterocycles. The molecule has 0 radical (unpaired) electrons. The number of allylic oxidation sites excluding steroid dienone is 1. The van der Waals surface area contributed by atoms with E-state index in [1.807, 2.05) is 17.5 Å². The van der Waals surface area contributed by atoms with Crippen LogP contribution in [0.1, 0.15) is 10.8 Å². The van der Waals surface area contributed by atoms with Crippen molar-refractivity contribution in [1.82, 2.24) is 0 Å². The molecule has 12 heavy (non-hydrogen) atoms. The first-order valence-electron chi connectivity index (χ1n) is 3.72. The lowest BCUT2D eigenvalue weighted by Crippen LogP contribution is -2.16. The van der Waals surface area contributed by atoms with Crippen molar-refractivity contribution in [3.63, 3.8) is 0 Å². The zero-order valence-corrected chi connectivity index (χ0v) is 7.12. The van der Waals surface area contributed by atoms with Crippen LogP contribution in [0.25, 0.3) is 0 Å². The third-order valence-electron chi connectivity index (χ3n) is 1.96. The molecule has 1 N–H and O–H groups in total. The van der Waals surface area contributed by atoms with Gasteiger partial charge < -0.3 is 5.11 Å². The van der Waals surface area contributed by atoms with Crippen LogP contribution in [0.5, 0.6) is 0 Å². The highest BCUT2D eigenvalue weighted by Crippen LogP contribution is 2.29. The van der Waals surface area contributed by atoms with E-state index in [1.54, 1.807) is 6.08 Å². The Labute approximate surface area is 74.2 Å². The van der Waals surface area contributed by atoms with Gasteiger partial charge in [-0.05, 0) is 17.5 Å². The first-order chi connectivity index (χ1) is 5.79. The maximum absolute atomic E-state index is 11.2. The molecule has 1 aromatic heterocycles. The predicted octanol–water partition coefficient (Wildman–Crippen LogP) is 1.33. The highest BCUT2D eigenvalue weighted by Gasteiger charge is 2.30. The second-order valence-corrected chi connectivity index (χ2v) is 3.72. The predicted molar refractivity (Wildman–Crippen MR) is 47.2 cm³/mol. The first-order valence-corrected chi connectivity index (χ1v) is 4.60. The Morgan fingerprint density at radius 1 is 1.50 bits per heavy atom. The standard InChI is InChI=1S/C9H8O2S/c10-6-3-4-7(11)9(6)8-2-1-5-12-8/h1-6,9-10H/t6-,9+/m1/s1. The fraction of sp³-hybridized carbons (Fsp3) is 0.222. The lowest BCUT2D eigenvalue weighted by molar-refractivity contribution is -0.116. The first kappa shape index (κ1) is 7.71. The van der Waals surface area contributed by atoms with E-state index in [1.165, 1.54) is 17.4 Å². The SMILES string of the molecule is O=C1C=C[C@@H](O)[C@@H]1c1cccs1. The number of carbonyl (C=O) groups is 1. The highest BCUT2D eigenvalue weighted by atomic mass is 32.1. The minimum absolute atomic E-state index is 0.00458. The van der Waals surface area contributed by atoms with Crippen LogP contribution >= 0.6 is 11.3 Å². The largest absolute Gasteiger partial charge is 0.388 e. The molecule has 0 saturated carbocycles. The normalized spacial score (nSPS) is 28.2. The van der Waals surface area contributed by atoms with E-state index in [2.05, 4.69) is 0 Å². The van der Waals surface area contributed by atoms with Crippen LogP contribution in [0.2, 0.25) is 0 Å². The number of carbonyl (C=O) groups excluding carboxylic acids is 1. The van der Waals surface area contributed by atoms with Crippen molar-refractivity contribution in [3.05, 3.63) is 34.5 Å². The number of rotatable bonds is 1. The van der Waals surface area contributed by atoms with Crippen molar-refractivity contribution >= 4 is 17.1 Å². The lowest BCUT2D eigenvalue weighted by Gasteiger charge is -2.09. The summed E-state index contributed by atoms with van der Waals surface area (Å²) >= 11 is 1.51. The fourth-order valence-electron chi connectivity index (χ4n) is 1.35. The van der Waals surface area contributed by atoms with Crippen LogP contribution in [0.15, 0.2) is 29.7 Å². The average molecular weight is 180 g/mol. The zero-order chi connectivity index (χ0) is 8.55. The van der Waals surface area contributed by atoms with Gasteiger partial charge in [0.15, 0.2) is 5.78 Å². The summed E-state index contributed by atoms with van der Waals surface area (Å²) in [6.07, 6.45) is 2.37. The molecule has 0 amide bonds. The van der Waals surface area contributed by atoms with E-state index in [0.29, 0.717) is 0 Å². The molecule has 0 bridgehead atoms. The number of thiophene rings is 1. The van der Waals surface area contributed by atoms with E-state index in [0.717, 1.165) is 4.88 Å². The second-order valence-electron chi connectivity index (χ2n) is 2.75. The molecule has 2 nitrogen and oxygen atoms in total. The molecule has 0 saturated heterocycles. The van der Waals surface area contributed by atoms with Gasteiger partial charge in [0.25, 0.3) is 0 Å². The van der Waals surface area contributed by atoms with Gasteiger partial charge in [-0.1, -0.05) is 12.1 Å². The van der Waals surface area contributed by atoms with Gasteiger partial charge in [-0.25, -0.2) is 0 Å². The number of hydrogen-bond acceptors (Lipinski definition) is 3. The molecule has 0 aliphatic heterocycles. The van der Waals surface area contributed by atoms with Gasteiger partial charge in [0, 0.05) is 4.88 Å². The van der Waals surface area contributed by atoms with E-state index in [9.17, 15) is 9.90 Å². The highest BCUT2D eigenvalue weighted by molar-refractivity contribution is 7.10. The minimum atomic E-state index is -0.629. The summed E-state index contributed by atoms with van der Waals surface area (Å²) < 4.78 is 0. The monoisotopic (exact) mass is 180 g/mol. The number of aliphatic hydroxyl groups excluding tert-OH is 1. The van der Waals surface area contributed by atoms with Crippen molar-refractivity contribution < 1.29 is 9.90 Å². The van der Waals surface area contributed by atoms with Crippen LogP contribution in [0.3, 0.4) is 0 Å². The lowest BCUT2D eigenvalue weighted by atomic mass is 10.0. The molecule has 3 heteroatoms. The molecular weight excluding hydrogens is 172 g/mol. The van der Waals surface area contributed by atoms with Crippen LogP contribution < -0.4 is 0 Å². The average Bonchev–Trinajstić information content (AvgIpc) is 2.61. The van der Waals surface area contributed by atoms with Crippen molar-refractivity contribution in [1.29, 1.82) is 0 Å². The number of aliphatic hydroxyl groups is 1. The summed E-state index contributed by atoms with van der Waals surface area (Å²) in [5, 5.41) is 11.3. The molecule has 2 atom stereocenters. The van der Waals surface area contributed by atoms with Crippen molar-refractivity contribution in [3.8, 4) is 0 Å². The Balaban J connectivity index is 2.31. The Morgan fingerprint density at radius 3 is 2.83 bits per heavy atom. The van der Waals surface area contributed by atoms with E-state index < -0.39 is 6.10 Å². The van der Waals surface area contributed by atoms with E-state index in [-0.39, 0.29) is 11.7 Å². The van der Waals surface area contributed by atoms with Gasteiger partial charge in [0.05, 0.1) is 12.0 Å². The molecular formula is C9H8O2S. The Hall–Kier alpha value is -0.930. The zero-order valence-electron chi connectivity index (χ0n) is 6.31. The van der Waals surface area contributed by atoms with Gasteiger partial charge in [-0.15, -0.1) is 11.3 Å².